The van der Waals surface area contributed by atoms with Crippen molar-refractivity contribution in [3.8, 4) is 17.3 Å². The Morgan fingerprint density at radius 2 is 1.72 bits per heavy atom. The molecule has 0 atom stereocenters. The minimum Gasteiger partial charge on any atom is -0.490 e. The van der Waals surface area contributed by atoms with Crippen molar-refractivity contribution >= 4 is 22.8 Å². The molecule has 2 heterocycles. The van der Waals surface area contributed by atoms with Gasteiger partial charge in [-0.2, -0.15) is 4.98 Å². The van der Waals surface area contributed by atoms with Gasteiger partial charge >= 0.3 is 5.97 Å². The van der Waals surface area contributed by atoms with Gasteiger partial charge in [0.2, 0.25) is 5.43 Å². The van der Waals surface area contributed by atoms with Gasteiger partial charge in [-0.15, -0.1) is 0 Å². The van der Waals surface area contributed by atoms with Crippen LogP contribution in [0.2, 0.25) is 0 Å². The molecule has 0 aliphatic carbocycles. The fourth-order valence-electron chi connectivity index (χ4n) is 3.35. The third kappa shape index (κ3) is 4.82. The number of nitrogen functional groups attached to an aromatic ring is 1. The summed E-state index contributed by atoms with van der Waals surface area (Å²) < 4.78 is 54.3. The largest absolute Gasteiger partial charge is 0.490 e. The molecule has 0 fully saturated rings. The number of pyridine rings is 2. The van der Waals surface area contributed by atoms with E-state index in [1.165, 1.54) is 0 Å². The van der Waals surface area contributed by atoms with Gasteiger partial charge in [0.25, 0.3) is 5.88 Å². The molecule has 2 aromatic heterocycles. The molecule has 36 heavy (non-hydrogen) atoms. The molecule has 12 heteroatoms. The summed E-state index contributed by atoms with van der Waals surface area (Å²) in [4.78, 5) is 28.1. The van der Waals surface area contributed by atoms with Crippen LogP contribution in [0.3, 0.4) is 0 Å². The zero-order valence-corrected chi connectivity index (χ0v) is 18.3. The van der Waals surface area contributed by atoms with Crippen molar-refractivity contribution in [1.29, 1.82) is 5.41 Å². The lowest BCUT2D eigenvalue weighted by Gasteiger charge is -2.14. The molecule has 0 bridgehead atoms. The van der Waals surface area contributed by atoms with Crippen LogP contribution in [0.25, 0.3) is 16.7 Å². The van der Waals surface area contributed by atoms with E-state index >= 15 is 0 Å². The minimum atomic E-state index is -1.62. The molecule has 0 aliphatic rings. The monoisotopic (exact) mass is 498 g/mol. The zero-order valence-electron chi connectivity index (χ0n) is 18.3. The van der Waals surface area contributed by atoms with Crippen LogP contribution < -0.4 is 20.6 Å². The van der Waals surface area contributed by atoms with Crippen LogP contribution in [0.4, 0.5) is 13.2 Å². The fourth-order valence-corrected chi connectivity index (χ4v) is 3.35. The SMILES string of the molecule is N=C(N)c1ccc(OCCOc2nc3c(cc2F)c(=O)c(C(=O)O)cn3-c2ccc(F)cc2F)cc1. The number of nitrogens with two attached hydrogens (primary N) is 1. The first kappa shape index (κ1) is 24.3. The number of ether oxygens (including phenoxy) is 2. The highest BCUT2D eigenvalue weighted by molar-refractivity contribution is 5.95. The number of halogens is 3. The number of hydrogen-bond donors (Lipinski definition) is 3. The molecule has 0 saturated heterocycles. The molecule has 0 radical (unpaired) electrons. The predicted molar refractivity (Wildman–Crippen MR) is 123 cm³/mol. The quantitative estimate of drug-likeness (QED) is 0.192. The number of rotatable bonds is 8. The lowest BCUT2D eigenvalue weighted by molar-refractivity contribution is 0.0695. The van der Waals surface area contributed by atoms with Crippen molar-refractivity contribution in [2.45, 2.75) is 0 Å². The van der Waals surface area contributed by atoms with Gasteiger partial charge in [0.1, 0.15) is 42.0 Å². The van der Waals surface area contributed by atoms with Crippen LogP contribution in [0.15, 0.2) is 59.5 Å². The summed E-state index contributed by atoms with van der Waals surface area (Å²) in [5.74, 6) is -4.81. The van der Waals surface area contributed by atoms with Crippen molar-refractivity contribution in [2.75, 3.05) is 13.2 Å². The maximum atomic E-state index is 14.7. The van der Waals surface area contributed by atoms with Crippen LogP contribution in [0.5, 0.6) is 11.6 Å². The Bertz CT molecular complexity index is 1550. The van der Waals surface area contributed by atoms with Gasteiger partial charge in [-0.05, 0) is 42.5 Å². The van der Waals surface area contributed by atoms with Gasteiger partial charge in [-0.3, -0.25) is 14.8 Å². The molecule has 4 aromatic rings. The molecular formula is C24H17F3N4O5. The van der Waals surface area contributed by atoms with Gasteiger partial charge in [-0.25, -0.2) is 18.0 Å². The molecule has 4 N–H and O–H groups in total. The molecule has 2 aromatic carbocycles. The summed E-state index contributed by atoms with van der Waals surface area (Å²) in [6.45, 7) is -0.206. The molecule has 4 rings (SSSR count). The van der Waals surface area contributed by atoms with E-state index in [1.807, 2.05) is 0 Å². The second kappa shape index (κ2) is 9.78. The highest BCUT2D eigenvalue weighted by Gasteiger charge is 2.21. The topological polar surface area (TPSA) is 141 Å². The maximum absolute atomic E-state index is 14.7. The van der Waals surface area contributed by atoms with E-state index in [9.17, 15) is 27.9 Å². The molecule has 0 unspecified atom stereocenters. The maximum Gasteiger partial charge on any atom is 0.341 e. The summed E-state index contributed by atoms with van der Waals surface area (Å²) in [6, 6.07) is 9.61. The Labute approximate surface area is 200 Å². The molecule has 0 amide bonds. The van der Waals surface area contributed by atoms with Crippen molar-refractivity contribution in [3.05, 3.63) is 93.5 Å². The van der Waals surface area contributed by atoms with Gasteiger partial charge in [0.05, 0.1) is 11.1 Å². The number of nitrogens with zero attached hydrogens (tertiary/aromatic N) is 2. The number of aromatic nitrogens is 2. The Kier molecular flexibility index (Phi) is 6.59. The summed E-state index contributed by atoms with van der Waals surface area (Å²) in [7, 11) is 0. The van der Waals surface area contributed by atoms with Crippen molar-refractivity contribution in [1.82, 2.24) is 9.55 Å². The first-order chi connectivity index (χ1) is 17.2. The van der Waals surface area contributed by atoms with Crippen molar-refractivity contribution in [2.24, 2.45) is 5.73 Å². The Balaban J connectivity index is 1.65. The smallest absolute Gasteiger partial charge is 0.341 e. The first-order valence-corrected chi connectivity index (χ1v) is 10.3. The molecule has 0 spiro atoms. The number of hydrogen-bond acceptors (Lipinski definition) is 6. The van der Waals surface area contributed by atoms with Crippen molar-refractivity contribution < 1.29 is 32.5 Å². The number of fused-ring (bicyclic) bond motifs is 1. The van der Waals surface area contributed by atoms with E-state index in [-0.39, 0.29) is 30.4 Å². The minimum absolute atomic E-state index is 0.0318. The van der Waals surface area contributed by atoms with Gasteiger partial charge in [0.15, 0.2) is 11.5 Å². The number of carboxylic acid groups (broad SMARTS) is 1. The third-order valence-electron chi connectivity index (χ3n) is 5.06. The number of aromatic carboxylic acids is 1. The summed E-state index contributed by atoms with van der Waals surface area (Å²) >= 11 is 0. The van der Waals surface area contributed by atoms with Crippen LogP contribution in [0, 0.1) is 22.9 Å². The highest BCUT2D eigenvalue weighted by Crippen LogP contribution is 2.24. The van der Waals surface area contributed by atoms with E-state index < -0.39 is 45.7 Å². The van der Waals surface area contributed by atoms with Crippen LogP contribution in [0.1, 0.15) is 15.9 Å². The number of carbonyl (C=O) groups is 1. The second-order valence-electron chi connectivity index (χ2n) is 7.42. The molecule has 184 valence electrons. The normalized spacial score (nSPS) is 10.9. The van der Waals surface area contributed by atoms with E-state index in [1.54, 1.807) is 24.3 Å². The Hall–Kier alpha value is -4.87. The second-order valence-corrected chi connectivity index (χ2v) is 7.42. The van der Waals surface area contributed by atoms with E-state index in [4.69, 9.17) is 20.6 Å². The van der Waals surface area contributed by atoms with Gasteiger partial charge in [0, 0.05) is 17.8 Å². The number of amidine groups is 1. The first-order valence-electron chi connectivity index (χ1n) is 10.3. The average Bonchev–Trinajstić information content (AvgIpc) is 2.83. The lowest BCUT2D eigenvalue weighted by atomic mass is 10.1. The number of carboxylic acids is 1. The van der Waals surface area contributed by atoms with E-state index in [0.29, 0.717) is 17.4 Å². The Morgan fingerprint density at radius 3 is 2.36 bits per heavy atom. The summed E-state index contributed by atoms with van der Waals surface area (Å²) in [5, 5.41) is 16.3. The highest BCUT2D eigenvalue weighted by atomic mass is 19.1. The zero-order chi connectivity index (χ0) is 26.0. The van der Waals surface area contributed by atoms with Crippen LogP contribution in [-0.2, 0) is 0 Å². The van der Waals surface area contributed by atoms with Crippen LogP contribution >= 0.6 is 0 Å². The molecule has 9 nitrogen and oxygen atoms in total. The Morgan fingerprint density at radius 1 is 1.03 bits per heavy atom. The molecular weight excluding hydrogens is 481 g/mol. The van der Waals surface area contributed by atoms with Gasteiger partial charge < -0.3 is 20.3 Å². The fraction of sp³-hybridized carbons (Fsp3) is 0.0833. The van der Waals surface area contributed by atoms with E-state index in [2.05, 4.69) is 4.98 Å². The summed E-state index contributed by atoms with van der Waals surface area (Å²) in [6.07, 6.45) is 0.825. The lowest BCUT2D eigenvalue weighted by Crippen LogP contribution is -2.20. The standard InChI is InChI=1S/C24H17F3N4O5/c25-13-3-6-19(17(26)9-13)31-11-16(24(33)34)20(32)15-10-18(27)23(30-22(15)31)36-8-7-35-14-4-1-12(2-5-14)21(28)29/h1-6,9-11H,7-8H2,(H3,28,29)(H,33,34). The number of benzene rings is 2. The third-order valence-corrected chi connectivity index (χ3v) is 5.06. The predicted octanol–water partition coefficient (Wildman–Crippen LogP) is 3.24. The van der Waals surface area contributed by atoms with Crippen molar-refractivity contribution in [3.63, 3.8) is 0 Å². The van der Waals surface area contributed by atoms with E-state index in [0.717, 1.165) is 29.0 Å². The molecule has 0 aliphatic heterocycles. The summed E-state index contributed by atoms with van der Waals surface area (Å²) in [5.41, 5.74) is 3.49. The molecule has 0 saturated carbocycles. The van der Waals surface area contributed by atoms with Gasteiger partial charge in [-0.1, -0.05) is 0 Å². The number of nitrogens with one attached hydrogen (secondary N) is 1. The average molecular weight is 498 g/mol. The van der Waals surface area contributed by atoms with Crippen LogP contribution in [-0.4, -0.2) is 39.7 Å².